The van der Waals surface area contributed by atoms with Gasteiger partial charge in [-0.05, 0) is 43.4 Å². The zero-order valence-electron chi connectivity index (χ0n) is 13.5. The Labute approximate surface area is 136 Å². The van der Waals surface area contributed by atoms with Gasteiger partial charge in [0, 0.05) is 23.6 Å². The molecule has 1 unspecified atom stereocenters. The summed E-state index contributed by atoms with van der Waals surface area (Å²) in [6.45, 7) is 2.00. The summed E-state index contributed by atoms with van der Waals surface area (Å²) in [5.41, 5.74) is 8.23. The zero-order valence-corrected chi connectivity index (χ0v) is 13.5. The molecule has 0 amide bonds. The average Bonchev–Trinajstić information content (AvgIpc) is 2.77. The summed E-state index contributed by atoms with van der Waals surface area (Å²) in [5.74, 6) is 0.590. The number of hydrogen-bond donors (Lipinski definition) is 2. The second kappa shape index (κ2) is 6.49. The molecule has 1 aliphatic carbocycles. The molecule has 3 rings (SSSR count). The quantitative estimate of drug-likeness (QED) is 0.668. The van der Waals surface area contributed by atoms with Crippen molar-refractivity contribution in [1.29, 1.82) is 0 Å². The average molecular weight is 313 g/mol. The number of anilines is 1. The van der Waals surface area contributed by atoms with E-state index in [4.69, 9.17) is 10.2 Å². The third kappa shape index (κ3) is 2.98. The normalized spacial score (nSPS) is 15.7. The molecule has 122 valence electrons. The number of aryl methyl sites for hydroxylation is 1. The van der Waals surface area contributed by atoms with E-state index < -0.39 is 5.63 Å². The summed E-state index contributed by atoms with van der Waals surface area (Å²) in [4.78, 5) is 12.5. The van der Waals surface area contributed by atoms with Crippen LogP contribution in [0.15, 0.2) is 33.5 Å². The van der Waals surface area contributed by atoms with Gasteiger partial charge in [-0.3, -0.25) is 0 Å². The highest BCUT2D eigenvalue weighted by Gasteiger charge is 2.26. The second-order valence-corrected chi connectivity index (χ2v) is 6.25. The van der Waals surface area contributed by atoms with Crippen LogP contribution >= 0.6 is 0 Å². The lowest BCUT2D eigenvalue weighted by Gasteiger charge is -2.19. The molecule has 0 bridgehead atoms. The number of benzene rings is 1. The van der Waals surface area contributed by atoms with Crippen molar-refractivity contribution < 1.29 is 9.52 Å². The molecule has 0 saturated carbocycles. The van der Waals surface area contributed by atoms with Gasteiger partial charge in [-0.1, -0.05) is 25.5 Å². The maximum atomic E-state index is 12.5. The van der Waals surface area contributed by atoms with E-state index in [0.29, 0.717) is 23.4 Å². The highest BCUT2D eigenvalue weighted by molar-refractivity contribution is 5.49. The van der Waals surface area contributed by atoms with Crippen LogP contribution in [0.4, 0.5) is 5.69 Å². The van der Waals surface area contributed by atoms with E-state index in [1.165, 1.54) is 0 Å². The summed E-state index contributed by atoms with van der Waals surface area (Å²) in [5, 5.41) is 10.8. The fourth-order valence-electron chi connectivity index (χ4n) is 3.53. The third-order valence-electron chi connectivity index (χ3n) is 4.71. The van der Waals surface area contributed by atoms with Gasteiger partial charge in [0.15, 0.2) is 0 Å². The molecule has 23 heavy (non-hydrogen) atoms. The Morgan fingerprint density at radius 2 is 2.04 bits per heavy atom. The Hall–Kier alpha value is -2.23. The van der Waals surface area contributed by atoms with Crippen molar-refractivity contribution in [1.82, 2.24) is 0 Å². The molecule has 0 aliphatic heterocycles. The summed E-state index contributed by atoms with van der Waals surface area (Å²) in [7, 11) is 0. The summed E-state index contributed by atoms with van der Waals surface area (Å²) >= 11 is 0. The predicted molar refractivity (Wildman–Crippen MR) is 90.9 cm³/mol. The van der Waals surface area contributed by atoms with Gasteiger partial charge in [0.05, 0.1) is 5.56 Å². The molecule has 4 heteroatoms. The van der Waals surface area contributed by atoms with E-state index in [1.54, 1.807) is 0 Å². The van der Waals surface area contributed by atoms with Gasteiger partial charge in [0.25, 0.3) is 0 Å². The first-order valence-corrected chi connectivity index (χ1v) is 8.35. The smallest absolute Gasteiger partial charge is 0.343 e. The lowest BCUT2D eigenvalue weighted by Crippen LogP contribution is -2.16. The van der Waals surface area contributed by atoms with Crippen LogP contribution in [-0.4, -0.2) is 5.11 Å². The molecule has 4 nitrogen and oxygen atoms in total. The number of nitrogen functional groups attached to an aromatic ring is 1. The van der Waals surface area contributed by atoms with Crippen LogP contribution in [0.2, 0.25) is 0 Å². The van der Waals surface area contributed by atoms with Crippen molar-refractivity contribution in [3.05, 3.63) is 57.1 Å². The third-order valence-corrected chi connectivity index (χ3v) is 4.71. The van der Waals surface area contributed by atoms with E-state index in [9.17, 15) is 9.90 Å². The number of aromatic hydroxyl groups is 1. The van der Waals surface area contributed by atoms with Gasteiger partial charge in [0.2, 0.25) is 0 Å². The highest BCUT2D eigenvalue weighted by Crippen LogP contribution is 2.37. The first-order valence-electron chi connectivity index (χ1n) is 8.35. The Kier molecular flexibility index (Phi) is 4.42. The van der Waals surface area contributed by atoms with Crippen LogP contribution in [-0.2, 0) is 12.8 Å². The molecular weight excluding hydrogens is 290 g/mol. The van der Waals surface area contributed by atoms with E-state index in [-0.39, 0.29) is 11.7 Å². The minimum Gasteiger partial charge on any atom is -0.507 e. The lowest BCUT2D eigenvalue weighted by molar-refractivity contribution is 0.398. The summed E-state index contributed by atoms with van der Waals surface area (Å²) < 4.78 is 5.58. The standard InChI is InChI=1S/C19H23NO3/c1-2-14(12-7-6-8-13(20)11-12)17-18(21)15-9-4-3-5-10-16(15)23-19(17)22/h6-8,11,14,21H,2-5,9-10,20H2,1H3. The van der Waals surface area contributed by atoms with Gasteiger partial charge in [0.1, 0.15) is 11.5 Å². The summed E-state index contributed by atoms with van der Waals surface area (Å²) in [6, 6.07) is 7.48. The van der Waals surface area contributed by atoms with Crippen LogP contribution in [0.25, 0.3) is 0 Å². The molecule has 1 atom stereocenters. The minimum absolute atomic E-state index is 0.132. The van der Waals surface area contributed by atoms with Gasteiger partial charge < -0.3 is 15.3 Å². The molecule has 1 aliphatic rings. The molecular formula is C19H23NO3. The van der Waals surface area contributed by atoms with Crippen LogP contribution in [0.1, 0.15) is 61.0 Å². The SMILES string of the molecule is CCC(c1cccc(N)c1)c1c(O)c2c(oc1=O)CCCCC2. The zero-order chi connectivity index (χ0) is 16.4. The van der Waals surface area contributed by atoms with Crippen molar-refractivity contribution >= 4 is 5.69 Å². The number of fused-ring (bicyclic) bond motifs is 1. The molecule has 0 saturated heterocycles. The molecule has 0 spiro atoms. The number of rotatable bonds is 3. The van der Waals surface area contributed by atoms with Crippen molar-refractivity contribution in [2.45, 2.75) is 51.4 Å². The van der Waals surface area contributed by atoms with Crippen molar-refractivity contribution in [2.24, 2.45) is 0 Å². The number of nitrogens with two attached hydrogens (primary N) is 1. The summed E-state index contributed by atoms with van der Waals surface area (Å²) in [6.07, 6.45) is 5.31. The van der Waals surface area contributed by atoms with Gasteiger partial charge >= 0.3 is 5.63 Å². The predicted octanol–water partition coefficient (Wildman–Crippen LogP) is 3.74. The fraction of sp³-hybridized carbons (Fsp3) is 0.421. The van der Waals surface area contributed by atoms with Gasteiger partial charge in [-0.25, -0.2) is 4.79 Å². The maximum absolute atomic E-state index is 12.5. The minimum atomic E-state index is -0.419. The highest BCUT2D eigenvalue weighted by atomic mass is 16.4. The first-order chi connectivity index (χ1) is 11.1. The van der Waals surface area contributed by atoms with Gasteiger partial charge in [-0.15, -0.1) is 0 Å². The first kappa shape index (κ1) is 15.7. The maximum Gasteiger partial charge on any atom is 0.343 e. The molecule has 3 N–H and O–H groups in total. The Morgan fingerprint density at radius 3 is 2.78 bits per heavy atom. The molecule has 0 fully saturated rings. The van der Waals surface area contributed by atoms with Gasteiger partial charge in [-0.2, -0.15) is 0 Å². The molecule has 2 aromatic rings. The second-order valence-electron chi connectivity index (χ2n) is 6.25. The fourth-order valence-corrected chi connectivity index (χ4v) is 3.53. The molecule has 1 aromatic heterocycles. The van der Waals surface area contributed by atoms with Crippen molar-refractivity contribution in [3.63, 3.8) is 0 Å². The molecule has 1 heterocycles. The van der Waals surface area contributed by atoms with Crippen LogP contribution in [0.3, 0.4) is 0 Å². The van der Waals surface area contributed by atoms with Crippen molar-refractivity contribution in [3.8, 4) is 5.75 Å². The monoisotopic (exact) mass is 313 g/mol. The van der Waals surface area contributed by atoms with Crippen LogP contribution in [0, 0.1) is 0 Å². The van der Waals surface area contributed by atoms with E-state index in [0.717, 1.165) is 43.2 Å². The molecule has 0 radical (unpaired) electrons. The van der Waals surface area contributed by atoms with E-state index in [1.807, 2.05) is 31.2 Å². The van der Waals surface area contributed by atoms with E-state index in [2.05, 4.69) is 0 Å². The molecule has 1 aromatic carbocycles. The van der Waals surface area contributed by atoms with Crippen LogP contribution < -0.4 is 11.4 Å². The number of hydrogen-bond acceptors (Lipinski definition) is 4. The largest absolute Gasteiger partial charge is 0.507 e. The topological polar surface area (TPSA) is 76.5 Å². The Balaban J connectivity index is 2.14. The van der Waals surface area contributed by atoms with E-state index >= 15 is 0 Å². The Bertz CT molecular complexity index is 764. The lowest BCUT2D eigenvalue weighted by atomic mass is 9.88. The Morgan fingerprint density at radius 1 is 1.26 bits per heavy atom. The van der Waals surface area contributed by atoms with Crippen molar-refractivity contribution in [2.75, 3.05) is 5.73 Å². The van der Waals surface area contributed by atoms with Crippen LogP contribution in [0.5, 0.6) is 5.75 Å².